The second-order valence-corrected chi connectivity index (χ2v) is 14.7. The summed E-state index contributed by atoms with van der Waals surface area (Å²) >= 11 is 0. The van der Waals surface area contributed by atoms with Crippen LogP contribution in [-0.2, 0) is 27.0 Å². The minimum Gasteiger partial charge on any atom is -0.446 e. The first-order chi connectivity index (χ1) is 21.7. The molecular formula is C34H42N6O4S. The van der Waals surface area contributed by atoms with Gasteiger partial charge < -0.3 is 19.9 Å². The molecule has 3 atom stereocenters. The first-order valence-corrected chi connectivity index (χ1v) is 17.4. The number of amides is 1. The number of sulfone groups is 1. The fourth-order valence-electron chi connectivity index (χ4n) is 7.83. The highest BCUT2D eigenvalue weighted by Crippen LogP contribution is 2.51. The number of likely N-dealkylation sites (tertiary alicyclic amines) is 1. The van der Waals surface area contributed by atoms with Gasteiger partial charge in [0.25, 0.3) is 0 Å². The van der Waals surface area contributed by atoms with Crippen LogP contribution in [0.2, 0.25) is 0 Å². The van der Waals surface area contributed by atoms with Gasteiger partial charge in [-0.15, -0.1) is 0 Å². The number of hydrogen-bond acceptors (Lipinski definition) is 8. The Morgan fingerprint density at radius 2 is 1.76 bits per heavy atom. The van der Waals surface area contributed by atoms with E-state index in [1.807, 2.05) is 30.3 Å². The number of hydrogen-bond donors (Lipinski definition) is 1. The maximum absolute atomic E-state index is 12.9. The van der Waals surface area contributed by atoms with Crippen LogP contribution >= 0.6 is 0 Å². The van der Waals surface area contributed by atoms with Crippen LogP contribution in [0.25, 0.3) is 0 Å². The predicted octanol–water partition coefficient (Wildman–Crippen LogP) is 4.39. The average Bonchev–Trinajstić information content (AvgIpc) is 3.70. The molecule has 238 valence electrons. The number of alkyl carbamates (subject to hydrolysis) is 1. The van der Waals surface area contributed by atoms with Gasteiger partial charge in [-0.25, -0.2) is 13.2 Å². The third kappa shape index (κ3) is 6.06. The molecule has 3 aliphatic rings. The number of benzene rings is 2. The zero-order chi connectivity index (χ0) is 31.6. The van der Waals surface area contributed by atoms with Crippen molar-refractivity contribution < 1.29 is 17.9 Å². The molecule has 1 saturated carbocycles. The van der Waals surface area contributed by atoms with Crippen molar-refractivity contribution in [1.82, 2.24) is 20.0 Å². The number of nitriles is 1. The van der Waals surface area contributed by atoms with Gasteiger partial charge in [0.2, 0.25) is 9.84 Å². The highest BCUT2D eigenvalue weighted by molar-refractivity contribution is 7.91. The van der Waals surface area contributed by atoms with E-state index in [1.165, 1.54) is 17.1 Å². The smallest absolute Gasteiger partial charge is 0.407 e. The summed E-state index contributed by atoms with van der Waals surface area (Å²) in [6, 6.07) is 20.1. The van der Waals surface area contributed by atoms with Crippen molar-refractivity contribution in [3.63, 3.8) is 0 Å². The standard InChI is InChI=1S/C34H42N6O4S/c1-36-33(41)44-32-10-6-9-31(32)34(24-35,26-7-4-3-5-8-26)27-15-17-39(18-16-27)20-25-21-40(22-25)28-11-13-29(14-12-28)45(42,43)30-19-37-38(2)23-30/h3-5,7-8,11-14,19,23,25,27,31-32H,6,9-10,15-18,20-22H2,1-2H3,(H,36,41)/t31-,32-,34?/m1/s1. The van der Waals surface area contributed by atoms with Gasteiger partial charge in [-0.05, 0) is 80.9 Å². The van der Waals surface area contributed by atoms with Crippen LogP contribution in [-0.4, -0.2) is 75.1 Å². The minimum absolute atomic E-state index is 0.0373. The summed E-state index contributed by atoms with van der Waals surface area (Å²) in [4.78, 5) is 17.5. The Balaban J connectivity index is 1.07. The van der Waals surface area contributed by atoms with Gasteiger partial charge in [-0.3, -0.25) is 4.68 Å². The van der Waals surface area contributed by atoms with Crippen LogP contribution in [0, 0.1) is 29.1 Å². The van der Waals surface area contributed by atoms with E-state index in [9.17, 15) is 18.5 Å². The van der Waals surface area contributed by atoms with Gasteiger partial charge in [0.15, 0.2) is 0 Å². The second-order valence-electron chi connectivity index (χ2n) is 12.8. The van der Waals surface area contributed by atoms with Crippen molar-refractivity contribution in [1.29, 1.82) is 5.26 Å². The van der Waals surface area contributed by atoms with Gasteiger partial charge in [-0.1, -0.05) is 30.3 Å². The second kappa shape index (κ2) is 12.9. The maximum atomic E-state index is 12.9. The molecule has 3 aromatic rings. The Kier molecular flexibility index (Phi) is 8.89. The van der Waals surface area contributed by atoms with Crippen LogP contribution in [0.4, 0.5) is 10.5 Å². The van der Waals surface area contributed by atoms with Crippen LogP contribution in [0.15, 0.2) is 76.8 Å². The fraction of sp³-hybridized carbons (Fsp3) is 0.500. The predicted molar refractivity (Wildman–Crippen MR) is 170 cm³/mol. The lowest BCUT2D eigenvalue weighted by molar-refractivity contribution is 0.0307. The average molecular weight is 631 g/mol. The molecule has 1 aliphatic carbocycles. The van der Waals surface area contributed by atoms with E-state index in [-0.39, 0.29) is 27.7 Å². The number of carbonyl (C=O) groups excluding carboxylic acids is 1. The molecule has 1 aromatic heterocycles. The Morgan fingerprint density at radius 1 is 1.04 bits per heavy atom. The van der Waals surface area contributed by atoms with E-state index in [4.69, 9.17) is 4.74 Å². The summed E-state index contributed by atoms with van der Waals surface area (Å²) in [6.07, 6.45) is 6.65. The van der Waals surface area contributed by atoms with Crippen molar-refractivity contribution in [3.05, 3.63) is 72.6 Å². The molecule has 2 aliphatic heterocycles. The first-order valence-electron chi connectivity index (χ1n) is 15.9. The SMILES string of the molecule is CNC(=O)O[C@@H]1CCC[C@H]1C(C#N)(c1ccccc1)C1CCN(CC2CN(c3ccc(S(=O)(=O)c4cnn(C)c4)cc3)C2)CC1. The molecule has 0 spiro atoms. The van der Waals surface area contributed by atoms with E-state index in [1.54, 1.807) is 26.2 Å². The van der Waals surface area contributed by atoms with Crippen LogP contribution in [0.5, 0.6) is 0 Å². The first kappa shape index (κ1) is 31.1. The van der Waals surface area contributed by atoms with E-state index in [0.29, 0.717) is 5.92 Å². The van der Waals surface area contributed by atoms with Crippen LogP contribution < -0.4 is 10.2 Å². The molecule has 6 rings (SSSR count). The highest BCUT2D eigenvalue weighted by atomic mass is 32.2. The van der Waals surface area contributed by atoms with Crippen molar-refractivity contribution in [2.45, 2.75) is 53.4 Å². The lowest BCUT2D eigenvalue weighted by atomic mass is 9.59. The van der Waals surface area contributed by atoms with Gasteiger partial charge in [0, 0.05) is 57.4 Å². The van der Waals surface area contributed by atoms with E-state index >= 15 is 0 Å². The molecule has 3 heterocycles. The van der Waals surface area contributed by atoms with Gasteiger partial charge in [0.1, 0.15) is 11.0 Å². The third-order valence-corrected chi connectivity index (χ3v) is 11.9. The molecule has 45 heavy (non-hydrogen) atoms. The molecule has 10 nitrogen and oxygen atoms in total. The van der Waals surface area contributed by atoms with Crippen LogP contribution in [0.1, 0.15) is 37.7 Å². The minimum atomic E-state index is -3.58. The highest BCUT2D eigenvalue weighted by Gasteiger charge is 2.53. The monoisotopic (exact) mass is 630 g/mol. The molecule has 1 unspecified atom stereocenters. The summed E-state index contributed by atoms with van der Waals surface area (Å²) in [5.74, 6) is 0.680. The molecule has 3 fully saturated rings. The van der Waals surface area contributed by atoms with Gasteiger partial charge >= 0.3 is 6.09 Å². The van der Waals surface area contributed by atoms with Crippen molar-refractivity contribution in [3.8, 4) is 6.07 Å². The fourth-order valence-corrected chi connectivity index (χ4v) is 9.08. The molecule has 11 heteroatoms. The molecule has 1 amide bonds. The van der Waals surface area contributed by atoms with Gasteiger partial charge in [-0.2, -0.15) is 10.4 Å². The Labute approximate surface area is 265 Å². The number of aromatic nitrogens is 2. The summed E-state index contributed by atoms with van der Waals surface area (Å²) in [5, 5.41) is 17.5. The number of nitrogens with zero attached hydrogens (tertiary/aromatic N) is 5. The Morgan fingerprint density at radius 3 is 2.38 bits per heavy atom. The van der Waals surface area contributed by atoms with E-state index in [0.717, 1.165) is 76.1 Å². The molecule has 1 N–H and O–H groups in total. The number of ether oxygens (including phenoxy) is 1. The van der Waals surface area contributed by atoms with Crippen molar-refractivity contribution >= 4 is 21.6 Å². The summed E-state index contributed by atoms with van der Waals surface area (Å²) < 4.78 is 33.1. The number of piperidine rings is 1. The van der Waals surface area contributed by atoms with Crippen molar-refractivity contribution in [2.75, 3.05) is 44.7 Å². The molecular weight excluding hydrogens is 588 g/mol. The Bertz CT molecular complexity index is 1620. The number of aryl methyl sites for hydroxylation is 1. The lowest BCUT2D eigenvalue weighted by Crippen LogP contribution is -2.54. The molecule has 2 aromatic carbocycles. The summed E-state index contributed by atoms with van der Waals surface area (Å²) in [5.41, 5.74) is 1.37. The molecule has 0 radical (unpaired) electrons. The largest absolute Gasteiger partial charge is 0.446 e. The molecule has 0 bridgehead atoms. The van der Waals surface area contributed by atoms with Crippen LogP contribution in [0.3, 0.4) is 0 Å². The van der Waals surface area contributed by atoms with E-state index in [2.05, 4.69) is 38.4 Å². The van der Waals surface area contributed by atoms with E-state index < -0.39 is 21.3 Å². The van der Waals surface area contributed by atoms with Crippen molar-refractivity contribution in [2.24, 2.45) is 24.8 Å². The maximum Gasteiger partial charge on any atom is 0.407 e. The number of nitrogens with one attached hydrogen (secondary N) is 1. The quantitative estimate of drug-likeness (QED) is 0.370. The molecule has 2 saturated heterocycles. The Hall–Kier alpha value is -3.88. The number of rotatable bonds is 9. The third-order valence-electron chi connectivity index (χ3n) is 10.1. The van der Waals surface area contributed by atoms with Gasteiger partial charge in [0.05, 0.1) is 22.6 Å². The summed E-state index contributed by atoms with van der Waals surface area (Å²) in [7, 11) is -0.307. The number of anilines is 1. The zero-order valence-corrected chi connectivity index (χ0v) is 26.8. The number of carbonyl (C=O) groups is 1. The summed E-state index contributed by atoms with van der Waals surface area (Å²) in [6.45, 7) is 4.74. The normalized spacial score (nSPS) is 22.7. The topological polar surface area (TPSA) is 121 Å². The zero-order valence-electron chi connectivity index (χ0n) is 26.0. The lowest BCUT2D eigenvalue weighted by Gasteiger charge is -2.47.